The highest BCUT2D eigenvalue weighted by Gasteiger charge is 2.18. The van der Waals surface area contributed by atoms with E-state index in [0.29, 0.717) is 25.0 Å². The Morgan fingerprint density at radius 1 is 1.19 bits per heavy atom. The predicted molar refractivity (Wildman–Crippen MR) is 144 cm³/mol. The van der Waals surface area contributed by atoms with Gasteiger partial charge >= 0.3 is 0 Å². The molecular formula is C24H37IN4OS. The summed E-state index contributed by atoms with van der Waals surface area (Å²) >= 11 is 1.83. The largest absolute Gasteiger partial charge is 0.396 e. The van der Waals surface area contributed by atoms with Crippen LogP contribution in [-0.2, 0) is 13.0 Å². The molecule has 0 amide bonds. The standard InChI is InChI=1S/C24H36N4OS.HI/c1-3-25-24(26-16-19(2)15-23-5-4-14-30-23)27-17-20-6-8-22(9-7-20)28-12-10-21(18-29)11-13-28;/h4-9,14,19,21,29H,3,10-13,15-18H2,1-2H3,(H2,25,26,27);1H. The maximum atomic E-state index is 9.31. The van der Waals surface area contributed by atoms with Crippen LogP contribution >= 0.6 is 35.3 Å². The minimum absolute atomic E-state index is 0. The summed E-state index contributed by atoms with van der Waals surface area (Å²) in [5.41, 5.74) is 2.49. The van der Waals surface area contributed by atoms with Gasteiger partial charge in [0.05, 0.1) is 6.54 Å². The zero-order valence-corrected chi connectivity index (χ0v) is 21.9. The first kappa shape index (κ1) is 25.9. The lowest BCUT2D eigenvalue weighted by Crippen LogP contribution is -2.39. The summed E-state index contributed by atoms with van der Waals surface area (Å²) in [4.78, 5) is 8.62. The van der Waals surface area contributed by atoms with E-state index in [1.54, 1.807) is 0 Å². The molecule has 31 heavy (non-hydrogen) atoms. The van der Waals surface area contributed by atoms with Gasteiger partial charge in [-0.2, -0.15) is 0 Å². The molecule has 1 saturated heterocycles. The van der Waals surface area contributed by atoms with Crippen molar-refractivity contribution >= 4 is 47.0 Å². The van der Waals surface area contributed by atoms with Gasteiger partial charge in [0.1, 0.15) is 0 Å². The van der Waals surface area contributed by atoms with Crippen molar-refractivity contribution in [1.82, 2.24) is 10.6 Å². The van der Waals surface area contributed by atoms with Gasteiger partial charge in [-0.05, 0) is 67.2 Å². The average molecular weight is 557 g/mol. The number of nitrogens with zero attached hydrogens (tertiary/aromatic N) is 2. The molecule has 3 N–H and O–H groups in total. The quantitative estimate of drug-likeness (QED) is 0.242. The van der Waals surface area contributed by atoms with Crippen LogP contribution < -0.4 is 15.5 Å². The van der Waals surface area contributed by atoms with Crippen LogP contribution in [0, 0.1) is 11.8 Å². The molecule has 1 fully saturated rings. The van der Waals surface area contributed by atoms with E-state index in [-0.39, 0.29) is 24.0 Å². The number of aliphatic hydroxyl groups is 1. The second-order valence-electron chi connectivity index (χ2n) is 8.24. The number of benzene rings is 1. The van der Waals surface area contributed by atoms with Gasteiger partial charge in [-0.25, -0.2) is 4.99 Å². The smallest absolute Gasteiger partial charge is 0.191 e. The van der Waals surface area contributed by atoms with E-state index >= 15 is 0 Å². The summed E-state index contributed by atoms with van der Waals surface area (Å²) in [7, 11) is 0. The molecule has 1 aliphatic heterocycles. The van der Waals surface area contributed by atoms with Crippen molar-refractivity contribution in [2.75, 3.05) is 37.7 Å². The topological polar surface area (TPSA) is 59.9 Å². The first-order chi connectivity index (χ1) is 14.7. The van der Waals surface area contributed by atoms with Crippen LogP contribution in [0.2, 0.25) is 0 Å². The third-order valence-electron chi connectivity index (χ3n) is 5.69. The molecule has 2 aromatic rings. The zero-order valence-electron chi connectivity index (χ0n) is 18.7. The van der Waals surface area contributed by atoms with Crippen LogP contribution in [0.3, 0.4) is 0 Å². The van der Waals surface area contributed by atoms with Crippen molar-refractivity contribution in [2.45, 2.75) is 39.7 Å². The number of halogens is 1. The summed E-state index contributed by atoms with van der Waals surface area (Å²) in [5, 5.41) is 18.3. The van der Waals surface area contributed by atoms with Crippen molar-refractivity contribution in [3.63, 3.8) is 0 Å². The van der Waals surface area contributed by atoms with Crippen LogP contribution in [-0.4, -0.2) is 43.9 Å². The number of nitrogens with one attached hydrogen (secondary N) is 2. The molecule has 7 heteroatoms. The number of aliphatic hydroxyl groups excluding tert-OH is 1. The number of guanidine groups is 1. The maximum Gasteiger partial charge on any atom is 0.191 e. The fourth-order valence-corrected chi connectivity index (χ4v) is 4.68. The lowest BCUT2D eigenvalue weighted by atomic mass is 9.97. The summed E-state index contributed by atoms with van der Waals surface area (Å²) in [6.07, 6.45) is 3.25. The summed E-state index contributed by atoms with van der Waals surface area (Å²) < 4.78 is 0. The van der Waals surface area contributed by atoms with Gasteiger partial charge in [0.25, 0.3) is 0 Å². The summed E-state index contributed by atoms with van der Waals surface area (Å²) in [6.45, 7) is 9.18. The SMILES string of the molecule is CCNC(=NCc1ccc(N2CCC(CO)CC2)cc1)NCC(C)Cc1cccs1.I. The molecule has 5 nitrogen and oxygen atoms in total. The third-order valence-corrected chi connectivity index (χ3v) is 6.58. The predicted octanol–water partition coefficient (Wildman–Crippen LogP) is 4.51. The van der Waals surface area contributed by atoms with Crippen molar-refractivity contribution < 1.29 is 5.11 Å². The zero-order chi connectivity index (χ0) is 21.2. The number of hydrogen-bond donors (Lipinski definition) is 3. The van der Waals surface area contributed by atoms with E-state index in [9.17, 15) is 5.11 Å². The van der Waals surface area contributed by atoms with Crippen molar-refractivity contribution in [3.8, 4) is 0 Å². The number of piperidine rings is 1. The van der Waals surface area contributed by atoms with Crippen LogP contribution in [0.5, 0.6) is 0 Å². The monoisotopic (exact) mass is 556 g/mol. The lowest BCUT2D eigenvalue weighted by molar-refractivity contribution is 0.203. The van der Waals surface area contributed by atoms with Gasteiger partial charge in [0.15, 0.2) is 5.96 Å². The molecule has 172 valence electrons. The first-order valence-electron chi connectivity index (χ1n) is 11.2. The minimum atomic E-state index is 0. The lowest BCUT2D eigenvalue weighted by Gasteiger charge is -2.32. The molecule has 1 aliphatic rings. The highest BCUT2D eigenvalue weighted by atomic mass is 127. The van der Waals surface area contributed by atoms with Gasteiger partial charge in [-0.1, -0.05) is 25.1 Å². The Bertz CT molecular complexity index is 758. The fourth-order valence-electron chi connectivity index (χ4n) is 3.81. The summed E-state index contributed by atoms with van der Waals surface area (Å²) in [5.74, 6) is 1.91. The van der Waals surface area contributed by atoms with Gasteiger partial charge in [0, 0.05) is 43.4 Å². The van der Waals surface area contributed by atoms with E-state index in [1.165, 1.54) is 16.1 Å². The Balaban J connectivity index is 0.00000341. The van der Waals surface area contributed by atoms with E-state index < -0.39 is 0 Å². The molecule has 1 aromatic heterocycles. The minimum Gasteiger partial charge on any atom is -0.396 e. The second-order valence-corrected chi connectivity index (χ2v) is 9.28. The second kappa shape index (κ2) is 14.0. The first-order valence-corrected chi connectivity index (χ1v) is 12.0. The Labute approximate surface area is 208 Å². The van der Waals surface area contributed by atoms with Crippen molar-refractivity contribution in [1.29, 1.82) is 0 Å². The van der Waals surface area contributed by atoms with Gasteiger partial charge in [-0.15, -0.1) is 35.3 Å². The average Bonchev–Trinajstić information content (AvgIpc) is 3.29. The van der Waals surface area contributed by atoms with Crippen molar-refractivity contribution in [3.05, 3.63) is 52.2 Å². The van der Waals surface area contributed by atoms with E-state index in [0.717, 1.165) is 51.4 Å². The molecule has 1 unspecified atom stereocenters. The van der Waals surface area contributed by atoms with Crippen LogP contribution in [0.4, 0.5) is 5.69 Å². The summed E-state index contributed by atoms with van der Waals surface area (Å²) in [6, 6.07) is 13.1. The van der Waals surface area contributed by atoms with Crippen LogP contribution in [0.1, 0.15) is 37.1 Å². The van der Waals surface area contributed by atoms with Crippen LogP contribution in [0.25, 0.3) is 0 Å². The van der Waals surface area contributed by atoms with E-state index in [1.807, 2.05) is 11.3 Å². The molecule has 0 saturated carbocycles. The maximum absolute atomic E-state index is 9.31. The third kappa shape index (κ3) is 8.61. The number of rotatable bonds is 9. The molecule has 0 radical (unpaired) electrons. The molecule has 0 spiro atoms. The van der Waals surface area contributed by atoms with E-state index in [4.69, 9.17) is 4.99 Å². The molecule has 1 aromatic carbocycles. The van der Waals surface area contributed by atoms with Crippen molar-refractivity contribution in [2.24, 2.45) is 16.8 Å². The van der Waals surface area contributed by atoms with Crippen LogP contribution in [0.15, 0.2) is 46.8 Å². The molecular weight excluding hydrogens is 519 g/mol. The molecule has 2 heterocycles. The highest BCUT2D eigenvalue weighted by Crippen LogP contribution is 2.23. The molecule has 1 atom stereocenters. The Kier molecular flexibility index (Phi) is 11.7. The van der Waals surface area contributed by atoms with Gasteiger partial charge in [0.2, 0.25) is 0 Å². The Morgan fingerprint density at radius 3 is 2.55 bits per heavy atom. The van der Waals surface area contributed by atoms with E-state index in [2.05, 4.69) is 71.2 Å². The Morgan fingerprint density at radius 2 is 1.94 bits per heavy atom. The number of aliphatic imine (C=N–C) groups is 1. The molecule has 0 aliphatic carbocycles. The number of anilines is 1. The van der Waals surface area contributed by atoms with Gasteiger partial charge < -0.3 is 20.6 Å². The number of thiophene rings is 1. The molecule has 0 bridgehead atoms. The normalized spacial score (nSPS) is 16.0. The molecule has 3 rings (SSSR count). The number of hydrogen-bond acceptors (Lipinski definition) is 4. The fraction of sp³-hybridized carbons (Fsp3) is 0.542. The van der Waals surface area contributed by atoms with Gasteiger partial charge in [-0.3, -0.25) is 0 Å². The highest BCUT2D eigenvalue weighted by molar-refractivity contribution is 14.0. The Hall–Kier alpha value is -1.32.